The molecule has 0 unspecified atom stereocenters. The lowest BCUT2D eigenvalue weighted by molar-refractivity contribution is 0.0321. The zero-order valence-electron chi connectivity index (χ0n) is 16.5. The molecule has 0 amide bonds. The molecule has 28 heavy (non-hydrogen) atoms. The van der Waals surface area contributed by atoms with Crippen LogP contribution >= 0.6 is 0 Å². The quantitative estimate of drug-likeness (QED) is 0.649. The van der Waals surface area contributed by atoms with E-state index in [2.05, 4.69) is 40.3 Å². The Morgan fingerprint density at radius 1 is 1.11 bits per heavy atom. The monoisotopic (exact) mass is 381 g/mol. The first-order chi connectivity index (χ1) is 13.8. The van der Waals surface area contributed by atoms with Crippen molar-refractivity contribution in [2.24, 2.45) is 0 Å². The summed E-state index contributed by atoms with van der Waals surface area (Å²) < 4.78 is 17.1. The van der Waals surface area contributed by atoms with Gasteiger partial charge in [0.25, 0.3) is 0 Å². The highest BCUT2D eigenvalue weighted by atomic mass is 16.5. The van der Waals surface area contributed by atoms with Crippen molar-refractivity contribution in [3.8, 4) is 11.5 Å². The zero-order chi connectivity index (χ0) is 19.3. The molecule has 1 saturated heterocycles. The van der Waals surface area contributed by atoms with Crippen LogP contribution in [0.3, 0.4) is 0 Å². The van der Waals surface area contributed by atoms with Crippen LogP contribution in [0.5, 0.6) is 11.5 Å². The van der Waals surface area contributed by atoms with Crippen LogP contribution < -0.4 is 14.8 Å². The summed E-state index contributed by atoms with van der Waals surface area (Å²) in [6.07, 6.45) is 1.97. The molecule has 3 aromatic rings. The van der Waals surface area contributed by atoms with E-state index in [0.29, 0.717) is 6.61 Å². The first-order valence-electron chi connectivity index (χ1n) is 9.70. The molecule has 6 nitrogen and oxygen atoms in total. The van der Waals surface area contributed by atoms with Gasteiger partial charge in [0.05, 0.1) is 26.0 Å². The van der Waals surface area contributed by atoms with Crippen molar-refractivity contribution >= 4 is 22.3 Å². The molecular weight excluding hydrogens is 354 g/mol. The summed E-state index contributed by atoms with van der Waals surface area (Å²) in [4.78, 5) is 5.61. The summed E-state index contributed by atoms with van der Waals surface area (Å²) in [5, 5.41) is 4.74. The first kappa shape index (κ1) is 18.7. The number of ether oxygens (including phenoxy) is 3. The molecule has 1 aliphatic heterocycles. The number of nitrogens with zero attached hydrogens (tertiary/aromatic N) is 1. The summed E-state index contributed by atoms with van der Waals surface area (Å²) in [7, 11) is 1.67. The molecule has 2 aromatic carbocycles. The Morgan fingerprint density at radius 2 is 1.96 bits per heavy atom. The van der Waals surface area contributed by atoms with Crippen LogP contribution in [0.2, 0.25) is 0 Å². The van der Waals surface area contributed by atoms with Gasteiger partial charge in [-0.2, -0.15) is 0 Å². The van der Waals surface area contributed by atoms with Gasteiger partial charge in [-0.3, -0.25) is 4.90 Å². The van der Waals surface area contributed by atoms with E-state index in [4.69, 9.17) is 14.2 Å². The lowest BCUT2D eigenvalue weighted by Gasteiger charge is -2.26. The van der Waals surface area contributed by atoms with Crippen molar-refractivity contribution in [1.82, 2.24) is 9.88 Å². The minimum absolute atomic E-state index is 0.602. The number of fused-ring (bicyclic) bond motifs is 1. The van der Waals surface area contributed by atoms with Gasteiger partial charge in [-0.05, 0) is 42.8 Å². The predicted octanol–water partition coefficient (Wildman–Crippen LogP) is 3.94. The number of nitrogens with one attached hydrogen (secondary N) is 2. The number of aryl methyl sites for hydroxylation is 1. The highest BCUT2D eigenvalue weighted by Crippen LogP contribution is 2.38. The molecule has 6 heteroatoms. The van der Waals surface area contributed by atoms with Crippen LogP contribution in [-0.2, 0) is 4.74 Å². The number of anilines is 2. The number of benzene rings is 2. The Morgan fingerprint density at radius 3 is 2.79 bits per heavy atom. The van der Waals surface area contributed by atoms with Crippen LogP contribution in [0.4, 0.5) is 11.4 Å². The SMILES string of the molecule is COc1cccc(Nc2ccc3[nH]ccc3c2C)c1OCCN1CCOCC1. The second kappa shape index (κ2) is 8.54. The fourth-order valence-corrected chi connectivity index (χ4v) is 3.59. The Bertz CT molecular complexity index is 932. The highest BCUT2D eigenvalue weighted by molar-refractivity contribution is 5.89. The molecule has 4 rings (SSSR count). The fourth-order valence-electron chi connectivity index (χ4n) is 3.59. The van der Waals surface area contributed by atoms with Crippen molar-refractivity contribution in [2.75, 3.05) is 51.9 Å². The van der Waals surface area contributed by atoms with E-state index >= 15 is 0 Å². The number of rotatable bonds is 7. The van der Waals surface area contributed by atoms with E-state index in [1.165, 1.54) is 10.9 Å². The molecule has 1 aromatic heterocycles. The van der Waals surface area contributed by atoms with Gasteiger partial charge in [-0.15, -0.1) is 0 Å². The van der Waals surface area contributed by atoms with Crippen LogP contribution in [0.15, 0.2) is 42.6 Å². The van der Waals surface area contributed by atoms with E-state index in [1.807, 2.05) is 24.4 Å². The maximum atomic E-state index is 6.17. The van der Waals surface area contributed by atoms with Gasteiger partial charge in [0.15, 0.2) is 11.5 Å². The molecule has 2 heterocycles. The Hall–Kier alpha value is -2.70. The van der Waals surface area contributed by atoms with Gasteiger partial charge in [0, 0.05) is 42.4 Å². The Labute approximate surface area is 165 Å². The summed E-state index contributed by atoms with van der Waals surface area (Å²) >= 11 is 0. The number of aromatic amines is 1. The van der Waals surface area contributed by atoms with Crippen molar-refractivity contribution in [3.05, 3.63) is 48.2 Å². The molecule has 0 radical (unpaired) electrons. The summed E-state index contributed by atoms with van der Waals surface area (Å²) in [6.45, 7) is 7.09. The van der Waals surface area contributed by atoms with Crippen molar-refractivity contribution in [1.29, 1.82) is 0 Å². The van der Waals surface area contributed by atoms with Crippen LogP contribution in [0.1, 0.15) is 5.56 Å². The first-order valence-corrected chi connectivity index (χ1v) is 9.70. The van der Waals surface area contributed by atoms with Gasteiger partial charge in [-0.1, -0.05) is 6.07 Å². The molecule has 0 spiro atoms. The van der Waals surface area contributed by atoms with Gasteiger partial charge in [0.1, 0.15) is 6.61 Å². The zero-order valence-corrected chi connectivity index (χ0v) is 16.5. The van der Waals surface area contributed by atoms with E-state index in [9.17, 15) is 0 Å². The topological polar surface area (TPSA) is 58.8 Å². The number of aromatic nitrogens is 1. The molecule has 0 saturated carbocycles. The second-order valence-corrected chi connectivity index (χ2v) is 6.94. The number of hydrogen-bond donors (Lipinski definition) is 2. The maximum absolute atomic E-state index is 6.17. The number of methoxy groups -OCH3 is 1. The molecule has 1 fully saturated rings. The van der Waals surface area contributed by atoms with Crippen molar-refractivity contribution < 1.29 is 14.2 Å². The Kier molecular flexibility index (Phi) is 5.69. The van der Waals surface area contributed by atoms with E-state index in [1.54, 1.807) is 7.11 Å². The van der Waals surface area contributed by atoms with E-state index in [0.717, 1.165) is 61.2 Å². The predicted molar refractivity (Wildman–Crippen MR) is 112 cm³/mol. The average molecular weight is 381 g/mol. The third-order valence-corrected chi connectivity index (χ3v) is 5.23. The standard InChI is InChI=1S/C22H27N3O3/c1-16-17-8-9-23-19(17)7-6-18(16)24-20-4-3-5-21(26-2)22(20)28-15-12-25-10-13-27-14-11-25/h3-9,23-24H,10-15H2,1-2H3. The van der Waals surface area contributed by atoms with Gasteiger partial charge in [-0.25, -0.2) is 0 Å². The minimum atomic E-state index is 0.602. The average Bonchev–Trinajstić information content (AvgIpc) is 3.21. The Balaban J connectivity index is 1.53. The molecular formula is C22H27N3O3. The van der Waals surface area contributed by atoms with Gasteiger partial charge >= 0.3 is 0 Å². The minimum Gasteiger partial charge on any atom is -0.493 e. The second-order valence-electron chi connectivity index (χ2n) is 6.94. The molecule has 0 aliphatic carbocycles. The van der Waals surface area contributed by atoms with Gasteiger partial charge in [0.2, 0.25) is 0 Å². The molecule has 2 N–H and O–H groups in total. The molecule has 0 bridgehead atoms. The van der Waals surface area contributed by atoms with E-state index < -0.39 is 0 Å². The van der Waals surface area contributed by atoms with Crippen molar-refractivity contribution in [2.45, 2.75) is 6.92 Å². The molecule has 1 aliphatic rings. The molecule has 0 atom stereocenters. The van der Waals surface area contributed by atoms with Crippen LogP contribution in [0.25, 0.3) is 10.9 Å². The van der Waals surface area contributed by atoms with Crippen LogP contribution in [-0.4, -0.2) is 56.4 Å². The van der Waals surface area contributed by atoms with Gasteiger partial charge < -0.3 is 24.5 Å². The number of morpholine rings is 1. The van der Waals surface area contributed by atoms with Crippen LogP contribution in [0, 0.1) is 6.92 Å². The summed E-state index contributed by atoms with van der Waals surface area (Å²) in [5.41, 5.74) is 4.29. The van der Waals surface area contributed by atoms with Crippen molar-refractivity contribution in [3.63, 3.8) is 0 Å². The normalized spacial score (nSPS) is 14.9. The lowest BCUT2D eigenvalue weighted by Crippen LogP contribution is -2.38. The molecule has 148 valence electrons. The third kappa shape index (κ3) is 3.93. The highest BCUT2D eigenvalue weighted by Gasteiger charge is 2.15. The number of para-hydroxylation sites is 1. The summed E-state index contributed by atoms with van der Waals surface area (Å²) in [6, 6.07) is 12.2. The fraction of sp³-hybridized carbons (Fsp3) is 0.364. The number of hydrogen-bond acceptors (Lipinski definition) is 5. The number of H-pyrrole nitrogens is 1. The third-order valence-electron chi connectivity index (χ3n) is 5.23. The summed E-state index contributed by atoms with van der Waals surface area (Å²) in [5.74, 6) is 1.47. The largest absolute Gasteiger partial charge is 0.493 e. The van der Waals surface area contributed by atoms with E-state index in [-0.39, 0.29) is 0 Å². The lowest BCUT2D eigenvalue weighted by atomic mass is 10.1. The smallest absolute Gasteiger partial charge is 0.184 e. The maximum Gasteiger partial charge on any atom is 0.184 e.